The third-order valence-corrected chi connectivity index (χ3v) is 2.34. The number of esters is 2. The summed E-state index contributed by atoms with van der Waals surface area (Å²) in [6.07, 6.45) is 1.37. The molecule has 0 bridgehead atoms. The summed E-state index contributed by atoms with van der Waals surface area (Å²) >= 11 is 0. The lowest BCUT2D eigenvalue weighted by Crippen LogP contribution is -2.22. The lowest BCUT2D eigenvalue weighted by molar-refractivity contribution is -0.146. The van der Waals surface area contributed by atoms with E-state index in [4.69, 9.17) is 4.74 Å². The van der Waals surface area contributed by atoms with Crippen LogP contribution < -0.4 is 0 Å². The Hall–Kier alpha value is -2.11. The summed E-state index contributed by atoms with van der Waals surface area (Å²) in [4.78, 5) is 33.3. The molecule has 1 heterocycles. The van der Waals surface area contributed by atoms with Gasteiger partial charge in [0.05, 0.1) is 12.2 Å². The summed E-state index contributed by atoms with van der Waals surface area (Å²) in [6.45, 7) is 4.39. The first-order chi connectivity index (χ1) is 8.90. The zero-order chi connectivity index (χ0) is 14.4. The summed E-state index contributed by atoms with van der Waals surface area (Å²) in [5.41, 5.74) is 0.417. The van der Waals surface area contributed by atoms with Gasteiger partial charge >= 0.3 is 11.9 Å². The smallest absolute Gasteiger partial charge is 0.303 e. The number of ketones is 1. The van der Waals surface area contributed by atoms with Crippen molar-refractivity contribution in [2.75, 3.05) is 6.61 Å². The molecule has 0 aliphatic rings. The maximum atomic E-state index is 11.8. The molecule has 19 heavy (non-hydrogen) atoms. The highest BCUT2D eigenvalue weighted by Gasteiger charge is 2.15. The molecule has 1 atom stereocenters. The van der Waals surface area contributed by atoms with E-state index in [1.807, 2.05) is 0 Å². The van der Waals surface area contributed by atoms with Gasteiger partial charge in [0.25, 0.3) is 0 Å². The van der Waals surface area contributed by atoms with E-state index in [9.17, 15) is 14.4 Å². The fourth-order valence-electron chi connectivity index (χ4n) is 1.67. The predicted octanol–water partition coefficient (Wildman–Crippen LogP) is 1.19. The minimum atomic E-state index is -0.500. The van der Waals surface area contributed by atoms with Crippen molar-refractivity contribution < 1.29 is 23.9 Å². The van der Waals surface area contributed by atoms with Crippen LogP contribution in [0.3, 0.4) is 0 Å². The van der Waals surface area contributed by atoms with E-state index in [1.165, 1.54) is 13.8 Å². The summed E-state index contributed by atoms with van der Waals surface area (Å²) in [7, 11) is 0. The van der Waals surface area contributed by atoms with Gasteiger partial charge in [-0.2, -0.15) is 0 Å². The van der Waals surface area contributed by atoms with E-state index in [0.717, 1.165) is 0 Å². The number of hydrogen-bond acceptors (Lipinski definition) is 5. The highest BCUT2D eigenvalue weighted by atomic mass is 16.5. The molecule has 0 amide bonds. The molecular weight excluding hydrogens is 250 g/mol. The SMILES string of the molecule is CC(=O)OCC(=O)c1cccn1CC(C)OC(C)=O. The maximum Gasteiger partial charge on any atom is 0.303 e. The number of carbonyl (C=O) groups is 3. The van der Waals surface area contributed by atoms with Gasteiger partial charge in [0.2, 0.25) is 5.78 Å². The number of Topliss-reactive ketones (excluding diaryl/α,β-unsaturated/α-hetero) is 1. The Balaban J connectivity index is 2.66. The van der Waals surface area contributed by atoms with Crippen LogP contribution in [0.2, 0.25) is 0 Å². The monoisotopic (exact) mass is 267 g/mol. The van der Waals surface area contributed by atoms with Crippen molar-refractivity contribution in [2.45, 2.75) is 33.4 Å². The molecule has 0 fully saturated rings. The van der Waals surface area contributed by atoms with E-state index in [2.05, 4.69) is 4.74 Å². The largest absolute Gasteiger partial charge is 0.461 e. The minimum absolute atomic E-state index is 0.290. The van der Waals surface area contributed by atoms with Gasteiger partial charge in [-0.1, -0.05) is 0 Å². The molecule has 104 valence electrons. The van der Waals surface area contributed by atoms with E-state index in [-0.39, 0.29) is 24.5 Å². The highest BCUT2D eigenvalue weighted by molar-refractivity contribution is 5.96. The van der Waals surface area contributed by atoms with Gasteiger partial charge in [-0.25, -0.2) is 0 Å². The minimum Gasteiger partial charge on any atom is -0.461 e. The average molecular weight is 267 g/mol. The normalized spacial score (nSPS) is 11.7. The van der Waals surface area contributed by atoms with E-state index < -0.39 is 5.97 Å². The maximum absolute atomic E-state index is 11.8. The molecule has 1 aromatic heterocycles. The quantitative estimate of drug-likeness (QED) is 0.571. The Morgan fingerprint density at radius 1 is 1.26 bits per heavy atom. The van der Waals surface area contributed by atoms with Crippen LogP contribution in [0.5, 0.6) is 0 Å². The number of rotatable bonds is 6. The molecule has 0 saturated carbocycles. The molecule has 1 unspecified atom stereocenters. The van der Waals surface area contributed by atoms with Crippen LogP contribution in [0.15, 0.2) is 18.3 Å². The number of ether oxygens (including phenoxy) is 2. The van der Waals surface area contributed by atoms with Crippen molar-refractivity contribution >= 4 is 17.7 Å². The second-order valence-corrected chi connectivity index (χ2v) is 4.17. The summed E-state index contributed by atoms with van der Waals surface area (Å²) in [5.74, 6) is -1.16. The molecule has 1 aromatic rings. The lowest BCUT2D eigenvalue weighted by atomic mass is 10.3. The molecule has 6 nitrogen and oxygen atoms in total. The third kappa shape index (κ3) is 4.95. The molecule has 0 aliphatic heterocycles. The van der Waals surface area contributed by atoms with Gasteiger partial charge in [0.1, 0.15) is 6.10 Å². The van der Waals surface area contributed by atoms with Crippen LogP contribution in [0.4, 0.5) is 0 Å². The van der Waals surface area contributed by atoms with E-state index >= 15 is 0 Å². The molecule has 0 aromatic carbocycles. The van der Waals surface area contributed by atoms with Crippen molar-refractivity contribution in [3.8, 4) is 0 Å². The van der Waals surface area contributed by atoms with Crippen LogP contribution in [0.1, 0.15) is 31.3 Å². The fourth-order valence-corrected chi connectivity index (χ4v) is 1.67. The number of carbonyl (C=O) groups excluding carboxylic acids is 3. The molecular formula is C13H17NO5. The Labute approximate surface area is 111 Å². The zero-order valence-corrected chi connectivity index (χ0v) is 11.2. The number of aromatic nitrogens is 1. The van der Waals surface area contributed by atoms with Crippen LogP contribution in [0.25, 0.3) is 0 Å². The van der Waals surface area contributed by atoms with Crippen molar-refractivity contribution in [1.29, 1.82) is 0 Å². The Morgan fingerprint density at radius 3 is 2.53 bits per heavy atom. The first-order valence-corrected chi connectivity index (χ1v) is 5.89. The second-order valence-electron chi connectivity index (χ2n) is 4.17. The summed E-state index contributed by atoms with van der Waals surface area (Å²) in [5, 5.41) is 0. The van der Waals surface area contributed by atoms with Crippen LogP contribution in [-0.2, 0) is 25.6 Å². The van der Waals surface area contributed by atoms with Gasteiger partial charge in [0.15, 0.2) is 6.61 Å². The van der Waals surface area contributed by atoms with E-state index in [0.29, 0.717) is 12.2 Å². The Kier molecular flexibility index (Phi) is 5.29. The molecule has 0 spiro atoms. The molecule has 0 aliphatic carbocycles. The van der Waals surface area contributed by atoms with Crippen LogP contribution >= 0.6 is 0 Å². The summed E-state index contributed by atoms with van der Waals surface area (Å²) in [6, 6.07) is 3.34. The number of nitrogens with zero attached hydrogens (tertiary/aromatic N) is 1. The molecule has 0 radical (unpaired) electrons. The molecule has 0 N–H and O–H groups in total. The number of hydrogen-bond donors (Lipinski definition) is 0. The van der Waals surface area contributed by atoms with Crippen LogP contribution in [-0.4, -0.2) is 35.0 Å². The van der Waals surface area contributed by atoms with Gasteiger partial charge in [-0.3, -0.25) is 14.4 Å². The van der Waals surface area contributed by atoms with Crippen LogP contribution in [0, 0.1) is 0 Å². The standard InChI is InChI=1S/C13H17NO5/c1-9(19-11(3)16)7-14-6-4-5-12(14)13(17)8-18-10(2)15/h4-6,9H,7-8H2,1-3H3. The van der Waals surface area contributed by atoms with E-state index in [1.54, 1.807) is 29.8 Å². The first kappa shape index (κ1) is 14.9. The molecule has 6 heteroatoms. The summed E-state index contributed by atoms with van der Waals surface area (Å²) < 4.78 is 11.3. The fraction of sp³-hybridized carbons (Fsp3) is 0.462. The highest BCUT2D eigenvalue weighted by Crippen LogP contribution is 2.07. The zero-order valence-electron chi connectivity index (χ0n) is 11.2. The van der Waals surface area contributed by atoms with Gasteiger partial charge in [0, 0.05) is 20.0 Å². The lowest BCUT2D eigenvalue weighted by Gasteiger charge is -2.14. The Bertz CT molecular complexity index is 477. The molecule has 1 rings (SSSR count). The topological polar surface area (TPSA) is 74.6 Å². The van der Waals surface area contributed by atoms with Gasteiger partial charge in [-0.05, 0) is 19.1 Å². The van der Waals surface area contributed by atoms with Gasteiger partial charge < -0.3 is 14.0 Å². The van der Waals surface area contributed by atoms with Crippen molar-refractivity contribution in [2.24, 2.45) is 0 Å². The first-order valence-electron chi connectivity index (χ1n) is 5.89. The predicted molar refractivity (Wildman–Crippen MR) is 66.6 cm³/mol. The average Bonchev–Trinajstić information content (AvgIpc) is 2.72. The van der Waals surface area contributed by atoms with Gasteiger partial charge in [-0.15, -0.1) is 0 Å². The second kappa shape index (κ2) is 6.72. The molecule has 0 saturated heterocycles. The third-order valence-electron chi connectivity index (χ3n) is 2.34. The van der Waals surface area contributed by atoms with Crippen molar-refractivity contribution in [3.63, 3.8) is 0 Å². The van der Waals surface area contributed by atoms with Crippen molar-refractivity contribution in [3.05, 3.63) is 24.0 Å². The van der Waals surface area contributed by atoms with Crippen molar-refractivity contribution in [1.82, 2.24) is 4.57 Å². The Morgan fingerprint density at radius 2 is 1.95 bits per heavy atom.